The second-order valence-corrected chi connectivity index (χ2v) is 5.12. The van der Waals surface area contributed by atoms with Gasteiger partial charge in [-0.15, -0.1) is 0 Å². The van der Waals surface area contributed by atoms with Gasteiger partial charge in [-0.05, 0) is 37.1 Å². The van der Waals surface area contributed by atoms with Crippen molar-refractivity contribution in [1.82, 2.24) is 0 Å². The van der Waals surface area contributed by atoms with Crippen molar-refractivity contribution in [3.8, 4) is 5.75 Å². The second kappa shape index (κ2) is 6.09. The standard InChI is InChI=1S/C16H18ClNO/c1-11-7-8-12(2)13(9-11)15(18)10-19-16-6-4-3-5-14(16)17/h3-9,15H,10,18H2,1-2H3. The van der Waals surface area contributed by atoms with Crippen LogP contribution in [0, 0.1) is 13.8 Å². The molecular weight excluding hydrogens is 258 g/mol. The van der Waals surface area contributed by atoms with Crippen LogP contribution in [0.2, 0.25) is 5.02 Å². The van der Waals surface area contributed by atoms with Gasteiger partial charge >= 0.3 is 0 Å². The molecule has 2 rings (SSSR count). The van der Waals surface area contributed by atoms with E-state index in [1.54, 1.807) is 6.07 Å². The highest BCUT2D eigenvalue weighted by Gasteiger charge is 2.11. The first kappa shape index (κ1) is 13.9. The maximum Gasteiger partial charge on any atom is 0.137 e. The lowest BCUT2D eigenvalue weighted by molar-refractivity contribution is 0.290. The highest BCUT2D eigenvalue weighted by atomic mass is 35.5. The summed E-state index contributed by atoms with van der Waals surface area (Å²) in [5.41, 5.74) is 9.70. The summed E-state index contributed by atoms with van der Waals surface area (Å²) >= 11 is 6.04. The Hall–Kier alpha value is -1.51. The van der Waals surface area contributed by atoms with Crippen LogP contribution in [0.15, 0.2) is 42.5 Å². The van der Waals surface area contributed by atoms with Crippen molar-refractivity contribution in [2.75, 3.05) is 6.61 Å². The molecule has 0 heterocycles. The van der Waals surface area contributed by atoms with E-state index in [9.17, 15) is 0 Å². The van der Waals surface area contributed by atoms with Crippen molar-refractivity contribution >= 4 is 11.6 Å². The molecule has 3 heteroatoms. The minimum atomic E-state index is -0.156. The summed E-state index contributed by atoms with van der Waals surface area (Å²) in [4.78, 5) is 0. The molecule has 0 saturated heterocycles. The van der Waals surface area contributed by atoms with Gasteiger partial charge in [0.2, 0.25) is 0 Å². The minimum Gasteiger partial charge on any atom is -0.490 e. The molecule has 2 N–H and O–H groups in total. The van der Waals surface area contributed by atoms with E-state index < -0.39 is 0 Å². The second-order valence-electron chi connectivity index (χ2n) is 4.71. The van der Waals surface area contributed by atoms with Crippen LogP contribution < -0.4 is 10.5 Å². The Balaban J connectivity index is 2.07. The summed E-state index contributed by atoms with van der Waals surface area (Å²) < 4.78 is 5.69. The Labute approximate surface area is 119 Å². The SMILES string of the molecule is Cc1ccc(C)c(C(N)COc2ccccc2Cl)c1. The van der Waals surface area contributed by atoms with Crippen molar-refractivity contribution in [2.45, 2.75) is 19.9 Å². The van der Waals surface area contributed by atoms with Gasteiger partial charge in [-0.2, -0.15) is 0 Å². The lowest BCUT2D eigenvalue weighted by Gasteiger charge is -2.17. The molecule has 1 atom stereocenters. The van der Waals surface area contributed by atoms with Crippen LogP contribution in [-0.2, 0) is 0 Å². The molecule has 0 radical (unpaired) electrons. The van der Waals surface area contributed by atoms with Crippen LogP contribution in [0.5, 0.6) is 5.75 Å². The lowest BCUT2D eigenvalue weighted by atomic mass is 10.00. The van der Waals surface area contributed by atoms with Crippen molar-refractivity contribution in [1.29, 1.82) is 0 Å². The Bertz CT molecular complexity index is 568. The molecule has 2 nitrogen and oxygen atoms in total. The molecule has 0 aliphatic carbocycles. The average molecular weight is 276 g/mol. The van der Waals surface area contributed by atoms with E-state index in [0.717, 1.165) is 5.56 Å². The zero-order valence-electron chi connectivity index (χ0n) is 11.2. The molecule has 19 heavy (non-hydrogen) atoms. The van der Waals surface area contributed by atoms with Crippen LogP contribution in [0.3, 0.4) is 0 Å². The number of nitrogens with two attached hydrogens (primary N) is 1. The van der Waals surface area contributed by atoms with Crippen molar-refractivity contribution in [2.24, 2.45) is 5.73 Å². The number of aryl methyl sites for hydroxylation is 2. The number of benzene rings is 2. The van der Waals surface area contributed by atoms with Crippen LogP contribution in [0.25, 0.3) is 0 Å². The number of halogens is 1. The quantitative estimate of drug-likeness (QED) is 0.914. The van der Waals surface area contributed by atoms with E-state index in [1.165, 1.54) is 11.1 Å². The zero-order valence-corrected chi connectivity index (χ0v) is 11.9. The van der Waals surface area contributed by atoms with Gasteiger partial charge in [-0.25, -0.2) is 0 Å². The average Bonchev–Trinajstić information content (AvgIpc) is 2.40. The van der Waals surface area contributed by atoms with Gasteiger partial charge < -0.3 is 10.5 Å². The third kappa shape index (κ3) is 3.49. The molecule has 0 bridgehead atoms. The van der Waals surface area contributed by atoms with Gasteiger partial charge in [0.15, 0.2) is 0 Å². The van der Waals surface area contributed by atoms with Gasteiger partial charge in [0.1, 0.15) is 12.4 Å². The van der Waals surface area contributed by atoms with Crippen LogP contribution in [0.4, 0.5) is 0 Å². The first-order valence-corrected chi connectivity index (χ1v) is 6.66. The van der Waals surface area contributed by atoms with Crippen molar-refractivity contribution < 1.29 is 4.74 Å². The predicted octanol–water partition coefficient (Wildman–Crippen LogP) is 4.04. The summed E-state index contributed by atoms with van der Waals surface area (Å²) in [6.45, 7) is 4.53. The van der Waals surface area contributed by atoms with Gasteiger partial charge in [-0.3, -0.25) is 0 Å². The molecular formula is C16H18ClNO. The number of hydrogen-bond donors (Lipinski definition) is 1. The molecule has 100 valence electrons. The Morgan fingerprint density at radius 1 is 1.16 bits per heavy atom. The summed E-state index contributed by atoms with van der Waals surface area (Å²) in [6, 6.07) is 13.5. The Morgan fingerprint density at radius 3 is 2.63 bits per heavy atom. The monoisotopic (exact) mass is 275 g/mol. The molecule has 0 aliphatic rings. The third-order valence-corrected chi connectivity index (χ3v) is 3.40. The van der Waals surface area contributed by atoms with Crippen LogP contribution in [0.1, 0.15) is 22.7 Å². The fourth-order valence-electron chi connectivity index (χ4n) is 1.99. The fraction of sp³-hybridized carbons (Fsp3) is 0.250. The van der Waals surface area contributed by atoms with E-state index in [4.69, 9.17) is 22.1 Å². The minimum absolute atomic E-state index is 0.156. The van der Waals surface area contributed by atoms with Crippen LogP contribution >= 0.6 is 11.6 Å². The van der Waals surface area contributed by atoms with E-state index in [1.807, 2.05) is 18.2 Å². The molecule has 0 saturated carbocycles. The van der Waals surface area contributed by atoms with Gasteiger partial charge in [0.05, 0.1) is 11.1 Å². The Morgan fingerprint density at radius 2 is 1.89 bits per heavy atom. The largest absolute Gasteiger partial charge is 0.490 e. The first-order valence-electron chi connectivity index (χ1n) is 6.28. The molecule has 0 aliphatic heterocycles. The number of para-hydroxylation sites is 1. The highest BCUT2D eigenvalue weighted by molar-refractivity contribution is 6.32. The highest BCUT2D eigenvalue weighted by Crippen LogP contribution is 2.25. The maximum atomic E-state index is 6.19. The molecule has 2 aromatic rings. The van der Waals surface area contributed by atoms with Crippen molar-refractivity contribution in [3.63, 3.8) is 0 Å². The molecule has 1 unspecified atom stereocenters. The van der Waals surface area contributed by atoms with Crippen LogP contribution in [-0.4, -0.2) is 6.61 Å². The van der Waals surface area contributed by atoms with E-state index in [-0.39, 0.29) is 6.04 Å². The third-order valence-electron chi connectivity index (χ3n) is 3.09. The smallest absolute Gasteiger partial charge is 0.137 e. The normalized spacial score (nSPS) is 12.2. The predicted molar refractivity (Wildman–Crippen MR) is 79.8 cm³/mol. The van der Waals surface area contributed by atoms with E-state index in [2.05, 4.69) is 32.0 Å². The first-order chi connectivity index (χ1) is 9.08. The summed E-state index contributed by atoms with van der Waals surface area (Å²) in [7, 11) is 0. The van der Waals surface area contributed by atoms with E-state index >= 15 is 0 Å². The molecule has 0 aromatic heterocycles. The Kier molecular flexibility index (Phi) is 4.46. The number of hydrogen-bond acceptors (Lipinski definition) is 2. The summed E-state index contributed by atoms with van der Waals surface area (Å²) in [5.74, 6) is 0.671. The van der Waals surface area contributed by atoms with E-state index in [0.29, 0.717) is 17.4 Å². The molecule has 0 spiro atoms. The molecule has 0 amide bonds. The molecule has 0 fully saturated rings. The summed E-state index contributed by atoms with van der Waals surface area (Å²) in [6.07, 6.45) is 0. The zero-order chi connectivity index (χ0) is 13.8. The maximum absolute atomic E-state index is 6.19. The fourth-order valence-corrected chi connectivity index (χ4v) is 2.18. The number of ether oxygens (including phenoxy) is 1. The topological polar surface area (TPSA) is 35.2 Å². The van der Waals surface area contributed by atoms with Crippen molar-refractivity contribution in [3.05, 3.63) is 64.2 Å². The molecule has 2 aromatic carbocycles. The number of rotatable bonds is 4. The van der Waals surface area contributed by atoms with Gasteiger partial charge in [-0.1, -0.05) is 47.5 Å². The summed E-state index contributed by atoms with van der Waals surface area (Å²) in [5, 5.41) is 0.607. The lowest BCUT2D eigenvalue weighted by Crippen LogP contribution is -2.20. The van der Waals surface area contributed by atoms with Gasteiger partial charge in [0, 0.05) is 0 Å². The van der Waals surface area contributed by atoms with Gasteiger partial charge in [0.25, 0.3) is 0 Å².